The lowest BCUT2D eigenvalue weighted by molar-refractivity contribution is 0.0685. The first-order chi connectivity index (χ1) is 9.50. The summed E-state index contributed by atoms with van der Waals surface area (Å²) in [7, 11) is 1.49. The summed E-state index contributed by atoms with van der Waals surface area (Å²) in [4.78, 5) is 22.9. The summed E-state index contributed by atoms with van der Waals surface area (Å²) in [5.74, 6) is -1.24. The van der Waals surface area contributed by atoms with Gasteiger partial charge in [0.1, 0.15) is 17.3 Å². The summed E-state index contributed by atoms with van der Waals surface area (Å²) in [6.07, 6.45) is 1.32. The van der Waals surface area contributed by atoms with E-state index in [1.807, 2.05) is 30.3 Å². The molecule has 1 aromatic carbocycles. The smallest absolute Gasteiger partial charge is 0.354 e. The molecule has 2 aromatic rings. The Labute approximate surface area is 120 Å². The highest BCUT2D eigenvalue weighted by Gasteiger charge is 2.18. The second-order valence-corrected chi connectivity index (χ2v) is 4.55. The van der Waals surface area contributed by atoms with Crippen molar-refractivity contribution >= 4 is 17.6 Å². The summed E-state index contributed by atoms with van der Waals surface area (Å²) < 4.78 is 6.66. The van der Waals surface area contributed by atoms with E-state index in [1.54, 1.807) is 0 Å². The predicted octanol–water partition coefficient (Wildman–Crippen LogP) is 2.32. The largest absolute Gasteiger partial charge is 0.483 e. The molecule has 0 aliphatic heterocycles. The van der Waals surface area contributed by atoms with Gasteiger partial charge in [0, 0.05) is 7.05 Å². The van der Waals surface area contributed by atoms with Crippen LogP contribution in [0.25, 0.3) is 0 Å². The Morgan fingerprint density at radius 3 is 2.60 bits per heavy atom. The Morgan fingerprint density at radius 1 is 1.35 bits per heavy atom. The van der Waals surface area contributed by atoms with Gasteiger partial charge >= 0.3 is 5.97 Å². The van der Waals surface area contributed by atoms with Crippen molar-refractivity contribution in [3.05, 3.63) is 63.0 Å². The highest BCUT2D eigenvalue weighted by atomic mass is 35.5. The summed E-state index contributed by atoms with van der Waals surface area (Å²) in [6.45, 7) is 0.207. The van der Waals surface area contributed by atoms with Crippen molar-refractivity contribution < 1.29 is 14.6 Å². The maximum atomic E-state index is 11.9. The Kier molecular flexibility index (Phi) is 4.10. The van der Waals surface area contributed by atoms with E-state index in [4.69, 9.17) is 21.4 Å². The number of hydrogen-bond donors (Lipinski definition) is 1. The van der Waals surface area contributed by atoms with E-state index in [0.717, 1.165) is 5.56 Å². The number of carboxylic acids is 1. The number of aromatic carboxylic acids is 1. The zero-order valence-corrected chi connectivity index (χ0v) is 11.4. The van der Waals surface area contributed by atoms with Crippen LogP contribution in [0.3, 0.4) is 0 Å². The number of pyridine rings is 1. The van der Waals surface area contributed by atoms with Crippen molar-refractivity contribution in [3.63, 3.8) is 0 Å². The van der Waals surface area contributed by atoms with E-state index in [0.29, 0.717) is 0 Å². The number of ether oxygens (including phenoxy) is 1. The molecule has 104 valence electrons. The van der Waals surface area contributed by atoms with E-state index in [9.17, 15) is 9.59 Å². The number of carbonyl (C=O) groups is 1. The van der Waals surface area contributed by atoms with Gasteiger partial charge in [0.05, 0.1) is 6.20 Å². The minimum atomic E-state index is -1.26. The number of hydrogen-bond acceptors (Lipinski definition) is 3. The third-order valence-corrected chi connectivity index (χ3v) is 3.09. The predicted molar refractivity (Wildman–Crippen MR) is 74.4 cm³/mol. The SMILES string of the molecule is Cn1cc(OCc2ccccc2)c(=O)c(Cl)c1C(=O)O. The van der Waals surface area contributed by atoms with E-state index < -0.39 is 11.4 Å². The summed E-state index contributed by atoms with van der Waals surface area (Å²) in [5.41, 5.74) is 0.00909. The van der Waals surface area contributed by atoms with Crippen molar-refractivity contribution in [3.8, 4) is 5.75 Å². The van der Waals surface area contributed by atoms with Crippen molar-refractivity contribution in [2.45, 2.75) is 6.61 Å². The lowest BCUT2D eigenvalue weighted by atomic mass is 10.2. The molecule has 1 heterocycles. The normalized spacial score (nSPS) is 10.3. The fraction of sp³-hybridized carbons (Fsp3) is 0.143. The van der Waals surface area contributed by atoms with Gasteiger partial charge in [-0.25, -0.2) is 4.79 Å². The first-order valence-electron chi connectivity index (χ1n) is 5.80. The van der Waals surface area contributed by atoms with Crippen LogP contribution in [0.2, 0.25) is 5.02 Å². The standard InChI is InChI=1S/C14H12ClNO4/c1-16-7-10(13(17)11(15)12(16)14(18)19)20-8-9-5-3-2-4-6-9/h2-7H,8H2,1H3,(H,18,19). The number of aromatic nitrogens is 1. The van der Waals surface area contributed by atoms with Gasteiger partial charge in [-0.05, 0) is 5.56 Å². The molecule has 0 amide bonds. The monoisotopic (exact) mass is 293 g/mol. The minimum Gasteiger partial charge on any atom is -0.483 e. The van der Waals surface area contributed by atoms with Gasteiger partial charge in [-0.3, -0.25) is 4.79 Å². The lowest BCUT2D eigenvalue weighted by Crippen LogP contribution is -2.19. The van der Waals surface area contributed by atoms with Crippen LogP contribution in [0.5, 0.6) is 5.75 Å². The first kappa shape index (κ1) is 14.1. The lowest BCUT2D eigenvalue weighted by Gasteiger charge is -2.11. The fourth-order valence-corrected chi connectivity index (χ4v) is 2.06. The van der Waals surface area contributed by atoms with Gasteiger partial charge in [-0.2, -0.15) is 0 Å². The Hall–Kier alpha value is -2.27. The highest BCUT2D eigenvalue weighted by molar-refractivity contribution is 6.33. The molecule has 6 heteroatoms. The number of rotatable bonds is 4. The van der Waals surface area contributed by atoms with Crippen molar-refractivity contribution in [1.29, 1.82) is 0 Å². The quantitative estimate of drug-likeness (QED) is 0.939. The average Bonchev–Trinajstić information content (AvgIpc) is 2.42. The molecule has 1 N–H and O–H groups in total. The summed E-state index contributed by atoms with van der Waals surface area (Å²) in [5, 5.41) is 8.63. The van der Waals surface area contributed by atoms with Gasteiger partial charge in [-0.1, -0.05) is 41.9 Å². The van der Waals surface area contributed by atoms with Crippen LogP contribution in [-0.4, -0.2) is 15.6 Å². The van der Waals surface area contributed by atoms with E-state index in [1.165, 1.54) is 17.8 Å². The van der Waals surface area contributed by atoms with Crippen molar-refractivity contribution in [1.82, 2.24) is 4.57 Å². The van der Waals surface area contributed by atoms with Crippen LogP contribution in [0, 0.1) is 0 Å². The van der Waals surface area contributed by atoms with Crippen molar-refractivity contribution in [2.75, 3.05) is 0 Å². The zero-order valence-electron chi connectivity index (χ0n) is 10.7. The zero-order chi connectivity index (χ0) is 14.7. The number of benzene rings is 1. The highest BCUT2D eigenvalue weighted by Crippen LogP contribution is 2.16. The van der Waals surface area contributed by atoms with Crippen LogP contribution < -0.4 is 10.2 Å². The van der Waals surface area contributed by atoms with Crippen LogP contribution >= 0.6 is 11.6 Å². The van der Waals surface area contributed by atoms with Gasteiger partial charge in [-0.15, -0.1) is 0 Å². The van der Waals surface area contributed by atoms with Gasteiger partial charge < -0.3 is 14.4 Å². The molecule has 0 radical (unpaired) electrons. The molecule has 0 aliphatic rings. The van der Waals surface area contributed by atoms with E-state index in [-0.39, 0.29) is 23.1 Å². The van der Waals surface area contributed by atoms with Crippen LogP contribution in [-0.2, 0) is 13.7 Å². The Morgan fingerprint density at radius 2 is 2.00 bits per heavy atom. The second-order valence-electron chi connectivity index (χ2n) is 4.18. The Bertz CT molecular complexity index is 694. The number of carboxylic acid groups (broad SMARTS) is 1. The maximum absolute atomic E-state index is 11.9. The van der Waals surface area contributed by atoms with Gasteiger partial charge in [0.2, 0.25) is 5.43 Å². The number of aryl methyl sites for hydroxylation is 1. The van der Waals surface area contributed by atoms with E-state index in [2.05, 4.69) is 0 Å². The molecule has 1 aromatic heterocycles. The Balaban J connectivity index is 2.30. The topological polar surface area (TPSA) is 68.5 Å². The van der Waals surface area contributed by atoms with E-state index >= 15 is 0 Å². The number of nitrogens with zero attached hydrogens (tertiary/aromatic N) is 1. The van der Waals surface area contributed by atoms with Crippen LogP contribution in [0.15, 0.2) is 41.3 Å². The molecule has 0 atom stereocenters. The molecule has 20 heavy (non-hydrogen) atoms. The molecule has 0 fully saturated rings. The molecule has 0 aliphatic carbocycles. The average molecular weight is 294 g/mol. The second kappa shape index (κ2) is 5.79. The van der Waals surface area contributed by atoms with Crippen molar-refractivity contribution in [2.24, 2.45) is 7.05 Å². The summed E-state index contributed by atoms with van der Waals surface area (Å²) in [6, 6.07) is 9.31. The van der Waals surface area contributed by atoms with Gasteiger partial charge in [0.15, 0.2) is 5.75 Å². The molecule has 0 bridgehead atoms. The third-order valence-electron chi connectivity index (χ3n) is 2.73. The molecule has 5 nitrogen and oxygen atoms in total. The molecule has 2 rings (SSSR count). The molecule has 0 saturated heterocycles. The molecular formula is C14H12ClNO4. The first-order valence-corrected chi connectivity index (χ1v) is 6.17. The third kappa shape index (κ3) is 2.83. The minimum absolute atomic E-state index is 0.0198. The van der Waals surface area contributed by atoms with Crippen LogP contribution in [0.4, 0.5) is 0 Å². The fourth-order valence-electron chi connectivity index (χ4n) is 1.75. The van der Waals surface area contributed by atoms with Crippen LogP contribution in [0.1, 0.15) is 16.1 Å². The molecule has 0 unspecified atom stereocenters. The summed E-state index contributed by atoms with van der Waals surface area (Å²) >= 11 is 5.79. The van der Waals surface area contributed by atoms with Gasteiger partial charge in [0.25, 0.3) is 0 Å². The molecular weight excluding hydrogens is 282 g/mol. The number of halogens is 1. The maximum Gasteiger partial charge on any atom is 0.354 e. The molecule has 0 spiro atoms. The molecule has 0 saturated carbocycles.